The van der Waals surface area contributed by atoms with Crippen molar-refractivity contribution in [3.8, 4) is 0 Å². The Morgan fingerprint density at radius 1 is 1.16 bits per heavy atom. The molecule has 2 aromatic rings. The van der Waals surface area contributed by atoms with Crippen molar-refractivity contribution < 1.29 is 14.0 Å². The Kier molecular flexibility index (Phi) is 5.07. The Morgan fingerprint density at radius 3 is 2.48 bits per heavy atom. The van der Waals surface area contributed by atoms with Crippen LogP contribution in [-0.4, -0.2) is 11.9 Å². The third-order valence-electron chi connectivity index (χ3n) is 4.16. The smallest absolute Gasteiger partial charge is 0.315 e. The molecule has 1 aromatic heterocycles. The van der Waals surface area contributed by atoms with Crippen molar-refractivity contribution in [3.05, 3.63) is 53.5 Å². The van der Waals surface area contributed by atoms with Gasteiger partial charge < -0.3 is 20.4 Å². The average molecular weight is 341 g/mol. The molecule has 0 saturated heterocycles. The zero-order valence-electron chi connectivity index (χ0n) is 14.5. The number of aryl methyl sites for hydroxylation is 1. The van der Waals surface area contributed by atoms with Gasteiger partial charge in [0.2, 0.25) is 5.91 Å². The average Bonchev–Trinajstić information content (AvgIpc) is 3.35. The zero-order chi connectivity index (χ0) is 17.8. The first-order valence-electron chi connectivity index (χ1n) is 8.52. The number of carbonyl (C=O) groups excluding carboxylic acids is 2. The SMILES string of the molecule is Cc1ccc([C@@H](C)NC(=O)NCc2ccc(NC(=O)C3CC3)cc2)o1. The Labute approximate surface area is 147 Å². The summed E-state index contributed by atoms with van der Waals surface area (Å²) in [6, 6.07) is 10.8. The van der Waals surface area contributed by atoms with Crippen LogP contribution in [-0.2, 0) is 11.3 Å². The molecule has 1 saturated carbocycles. The molecular formula is C19H23N3O3. The second-order valence-corrected chi connectivity index (χ2v) is 6.46. The third kappa shape index (κ3) is 4.86. The van der Waals surface area contributed by atoms with Crippen LogP contribution in [0.1, 0.15) is 42.9 Å². The van der Waals surface area contributed by atoms with Gasteiger partial charge in [-0.1, -0.05) is 12.1 Å². The molecule has 1 aliphatic rings. The number of hydrogen-bond donors (Lipinski definition) is 3. The molecule has 0 radical (unpaired) electrons. The van der Waals surface area contributed by atoms with Gasteiger partial charge in [-0.2, -0.15) is 0 Å². The standard InChI is InChI=1S/C19H23N3O3/c1-12-3-10-17(25-12)13(2)21-19(24)20-11-14-4-8-16(9-5-14)22-18(23)15-6-7-15/h3-5,8-10,13,15H,6-7,11H2,1-2H3,(H,22,23)(H2,20,21,24)/t13-/m1/s1. The number of anilines is 1. The summed E-state index contributed by atoms with van der Waals surface area (Å²) in [5.74, 6) is 1.82. The molecule has 1 aliphatic carbocycles. The van der Waals surface area contributed by atoms with Crippen molar-refractivity contribution in [2.45, 2.75) is 39.3 Å². The lowest BCUT2D eigenvalue weighted by atomic mass is 10.2. The van der Waals surface area contributed by atoms with Gasteiger partial charge in [0.15, 0.2) is 0 Å². The fourth-order valence-electron chi connectivity index (χ4n) is 2.48. The Morgan fingerprint density at radius 2 is 1.88 bits per heavy atom. The topological polar surface area (TPSA) is 83.4 Å². The fourth-order valence-corrected chi connectivity index (χ4v) is 2.48. The minimum atomic E-state index is -0.257. The first-order chi connectivity index (χ1) is 12.0. The van der Waals surface area contributed by atoms with E-state index in [9.17, 15) is 9.59 Å². The van der Waals surface area contributed by atoms with E-state index in [0.717, 1.165) is 35.6 Å². The number of benzene rings is 1. The van der Waals surface area contributed by atoms with Crippen molar-refractivity contribution in [3.63, 3.8) is 0 Å². The van der Waals surface area contributed by atoms with E-state index < -0.39 is 0 Å². The van der Waals surface area contributed by atoms with Crippen molar-refractivity contribution >= 4 is 17.6 Å². The molecule has 0 bridgehead atoms. The first-order valence-corrected chi connectivity index (χ1v) is 8.52. The second-order valence-electron chi connectivity index (χ2n) is 6.46. The summed E-state index contributed by atoms with van der Waals surface area (Å²) in [6.07, 6.45) is 1.97. The summed E-state index contributed by atoms with van der Waals surface area (Å²) >= 11 is 0. The number of urea groups is 1. The number of furan rings is 1. The van der Waals surface area contributed by atoms with Crippen LogP contribution >= 0.6 is 0 Å². The van der Waals surface area contributed by atoms with Gasteiger partial charge in [0, 0.05) is 18.2 Å². The van der Waals surface area contributed by atoms with Gasteiger partial charge in [-0.15, -0.1) is 0 Å². The van der Waals surface area contributed by atoms with Gasteiger partial charge in [0.1, 0.15) is 11.5 Å². The van der Waals surface area contributed by atoms with Gasteiger partial charge in [-0.05, 0) is 56.5 Å². The van der Waals surface area contributed by atoms with Crippen LogP contribution in [0.25, 0.3) is 0 Å². The van der Waals surface area contributed by atoms with E-state index in [0.29, 0.717) is 6.54 Å². The predicted octanol–water partition coefficient (Wildman–Crippen LogP) is 3.50. The summed E-state index contributed by atoms with van der Waals surface area (Å²) in [5, 5.41) is 8.54. The molecule has 3 N–H and O–H groups in total. The molecule has 3 amide bonds. The Hall–Kier alpha value is -2.76. The zero-order valence-corrected chi connectivity index (χ0v) is 14.5. The van der Waals surface area contributed by atoms with Crippen LogP contribution < -0.4 is 16.0 Å². The number of rotatable bonds is 6. The molecule has 1 aromatic carbocycles. The number of hydrogen-bond acceptors (Lipinski definition) is 3. The number of nitrogens with one attached hydrogen (secondary N) is 3. The molecule has 6 heteroatoms. The lowest BCUT2D eigenvalue weighted by molar-refractivity contribution is -0.117. The van der Waals surface area contributed by atoms with Gasteiger partial charge in [0.25, 0.3) is 0 Å². The largest absolute Gasteiger partial charge is 0.464 e. The van der Waals surface area contributed by atoms with Gasteiger partial charge >= 0.3 is 6.03 Å². The van der Waals surface area contributed by atoms with Crippen LogP contribution in [0.15, 0.2) is 40.8 Å². The summed E-state index contributed by atoms with van der Waals surface area (Å²) in [4.78, 5) is 23.7. The van der Waals surface area contributed by atoms with Crippen LogP contribution in [0.3, 0.4) is 0 Å². The van der Waals surface area contributed by atoms with Gasteiger partial charge in [0.05, 0.1) is 6.04 Å². The Balaban J connectivity index is 1.44. The van der Waals surface area contributed by atoms with Crippen molar-refractivity contribution in [1.29, 1.82) is 0 Å². The summed E-state index contributed by atoms with van der Waals surface area (Å²) in [6.45, 7) is 4.15. The third-order valence-corrected chi connectivity index (χ3v) is 4.16. The fraction of sp³-hybridized carbons (Fsp3) is 0.368. The minimum Gasteiger partial charge on any atom is -0.464 e. The van der Waals surface area contributed by atoms with Crippen molar-refractivity contribution in [2.24, 2.45) is 5.92 Å². The van der Waals surface area contributed by atoms with Crippen LogP contribution in [0.2, 0.25) is 0 Å². The van der Waals surface area contributed by atoms with E-state index >= 15 is 0 Å². The lowest BCUT2D eigenvalue weighted by Crippen LogP contribution is -2.36. The van der Waals surface area contributed by atoms with Crippen molar-refractivity contribution in [2.75, 3.05) is 5.32 Å². The molecule has 1 fully saturated rings. The highest BCUT2D eigenvalue weighted by atomic mass is 16.3. The minimum absolute atomic E-state index is 0.0902. The Bertz CT molecular complexity index is 748. The van der Waals surface area contributed by atoms with E-state index in [1.807, 2.05) is 50.2 Å². The summed E-state index contributed by atoms with van der Waals surface area (Å²) in [5.41, 5.74) is 1.74. The molecule has 3 rings (SSSR count). The van der Waals surface area contributed by atoms with Crippen LogP contribution in [0.5, 0.6) is 0 Å². The number of amides is 3. The van der Waals surface area contributed by atoms with Gasteiger partial charge in [-0.3, -0.25) is 4.79 Å². The second kappa shape index (κ2) is 7.42. The first kappa shape index (κ1) is 17.1. The quantitative estimate of drug-likeness (QED) is 0.752. The predicted molar refractivity (Wildman–Crippen MR) is 95.0 cm³/mol. The van der Waals surface area contributed by atoms with Crippen LogP contribution in [0, 0.1) is 12.8 Å². The molecule has 1 atom stereocenters. The molecule has 1 heterocycles. The maximum atomic E-state index is 12.0. The van der Waals surface area contributed by atoms with Crippen LogP contribution in [0.4, 0.5) is 10.5 Å². The van der Waals surface area contributed by atoms with E-state index in [1.165, 1.54) is 0 Å². The number of carbonyl (C=O) groups is 2. The van der Waals surface area contributed by atoms with Crippen molar-refractivity contribution in [1.82, 2.24) is 10.6 Å². The molecule has 0 aliphatic heterocycles. The van der Waals surface area contributed by atoms with E-state index in [2.05, 4.69) is 16.0 Å². The molecule has 0 unspecified atom stereocenters. The molecule has 0 spiro atoms. The maximum Gasteiger partial charge on any atom is 0.315 e. The summed E-state index contributed by atoms with van der Waals surface area (Å²) in [7, 11) is 0. The van der Waals surface area contributed by atoms with E-state index in [-0.39, 0.29) is 23.9 Å². The maximum absolute atomic E-state index is 12.0. The molecule has 132 valence electrons. The molecular weight excluding hydrogens is 318 g/mol. The normalized spacial score (nSPS) is 14.6. The van der Waals surface area contributed by atoms with E-state index in [1.54, 1.807) is 0 Å². The lowest BCUT2D eigenvalue weighted by Gasteiger charge is -2.13. The highest BCUT2D eigenvalue weighted by Crippen LogP contribution is 2.30. The van der Waals surface area contributed by atoms with E-state index in [4.69, 9.17) is 4.42 Å². The summed E-state index contributed by atoms with van der Waals surface area (Å²) < 4.78 is 5.50. The monoisotopic (exact) mass is 341 g/mol. The molecule has 6 nitrogen and oxygen atoms in total. The highest BCUT2D eigenvalue weighted by Gasteiger charge is 2.29. The molecule has 25 heavy (non-hydrogen) atoms. The van der Waals surface area contributed by atoms with Gasteiger partial charge in [-0.25, -0.2) is 4.79 Å². The highest BCUT2D eigenvalue weighted by molar-refractivity contribution is 5.94.